The van der Waals surface area contributed by atoms with Crippen LogP contribution in [0.15, 0.2) is 48.5 Å². The Labute approximate surface area is 181 Å². The molecule has 0 radical (unpaired) electrons. The summed E-state index contributed by atoms with van der Waals surface area (Å²) in [6.45, 7) is 3.14. The first-order chi connectivity index (χ1) is 14.5. The summed E-state index contributed by atoms with van der Waals surface area (Å²) in [5.41, 5.74) is 0.743. The van der Waals surface area contributed by atoms with Gasteiger partial charge in [-0.05, 0) is 48.7 Å². The summed E-state index contributed by atoms with van der Waals surface area (Å²) in [5.74, 6) is -1.37. The van der Waals surface area contributed by atoms with Crippen LogP contribution in [0, 0.1) is 5.82 Å². The summed E-state index contributed by atoms with van der Waals surface area (Å²) in [5, 5.41) is 2.77. The Kier molecular flexibility index (Phi) is 6.47. The maximum Gasteiger partial charge on any atom is 0.247 e. The number of hydrogen-bond acceptors (Lipinski definition) is 4. The number of aryl methyl sites for hydroxylation is 1. The Balaban J connectivity index is 1.96. The molecule has 0 unspecified atom stereocenters. The number of carbonyl (C=O) groups is 2. The number of sulfonamides is 1. The summed E-state index contributed by atoms with van der Waals surface area (Å²) < 4.78 is 38.5. The van der Waals surface area contributed by atoms with Crippen molar-refractivity contribution in [1.82, 2.24) is 9.62 Å². The third kappa shape index (κ3) is 4.94. The molecule has 0 aliphatic carbocycles. The zero-order valence-corrected chi connectivity index (χ0v) is 18.6. The average Bonchev–Trinajstić information content (AvgIpc) is 2.72. The van der Waals surface area contributed by atoms with Crippen LogP contribution in [0.25, 0.3) is 0 Å². The first kappa shape index (κ1) is 22.9. The highest BCUT2D eigenvalue weighted by atomic mass is 32.2. The summed E-state index contributed by atoms with van der Waals surface area (Å²) in [6, 6.07) is 13.0. The average molecular weight is 448 g/mol. The van der Waals surface area contributed by atoms with E-state index in [9.17, 15) is 22.4 Å². The Morgan fingerprint density at radius 2 is 1.84 bits per heavy atom. The lowest BCUT2D eigenvalue weighted by molar-refractivity contribution is -0.133. The lowest BCUT2D eigenvalue weighted by Crippen LogP contribution is -2.70. The van der Waals surface area contributed by atoms with E-state index in [4.69, 9.17) is 0 Å². The van der Waals surface area contributed by atoms with Gasteiger partial charge in [0.15, 0.2) is 0 Å². The molecule has 9 heteroatoms. The van der Waals surface area contributed by atoms with Gasteiger partial charge >= 0.3 is 0 Å². The minimum atomic E-state index is -3.69. The fourth-order valence-electron chi connectivity index (χ4n) is 3.69. The molecule has 0 bridgehead atoms. The van der Waals surface area contributed by atoms with Crippen LogP contribution in [0.2, 0.25) is 0 Å². The molecule has 1 aliphatic heterocycles. The highest BCUT2D eigenvalue weighted by molar-refractivity contribution is 7.88. The van der Waals surface area contributed by atoms with Gasteiger partial charge in [0, 0.05) is 18.8 Å². The monoisotopic (exact) mass is 447 g/mol. The number of carbonyl (C=O) groups excluding carboxylic acids is 2. The quantitative estimate of drug-likeness (QED) is 0.735. The Morgan fingerprint density at radius 3 is 2.45 bits per heavy atom. The summed E-state index contributed by atoms with van der Waals surface area (Å²) in [7, 11) is -3.69. The molecule has 1 fully saturated rings. The first-order valence-electron chi connectivity index (χ1n) is 9.94. The van der Waals surface area contributed by atoms with Gasteiger partial charge in [0.1, 0.15) is 11.4 Å². The molecule has 7 nitrogen and oxygen atoms in total. The molecule has 31 heavy (non-hydrogen) atoms. The van der Waals surface area contributed by atoms with Crippen molar-refractivity contribution in [3.63, 3.8) is 0 Å². The minimum Gasteiger partial charge on any atom is -0.350 e. The summed E-state index contributed by atoms with van der Waals surface area (Å²) in [4.78, 5) is 27.8. The Bertz CT molecular complexity index is 1090. The lowest BCUT2D eigenvalue weighted by atomic mass is 9.94. The zero-order chi connectivity index (χ0) is 22.8. The zero-order valence-electron chi connectivity index (χ0n) is 17.8. The molecule has 1 atom stereocenters. The van der Waals surface area contributed by atoms with Crippen molar-refractivity contribution in [2.24, 2.45) is 0 Å². The molecule has 1 saturated heterocycles. The van der Waals surface area contributed by atoms with E-state index < -0.39 is 27.4 Å². The van der Waals surface area contributed by atoms with E-state index in [-0.39, 0.29) is 25.5 Å². The number of amides is 2. The van der Waals surface area contributed by atoms with Gasteiger partial charge in [-0.1, -0.05) is 31.2 Å². The molecular weight excluding hydrogens is 421 g/mol. The second-order valence-corrected chi connectivity index (χ2v) is 9.85. The molecule has 166 valence electrons. The van der Waals surface area contributed by atoms with Gasteiger partial charge in [-0.25, -0.2) is 12.8 Å². The molecule has 0 aromatic heterocycles. The number of piperazine rings is 1. The van der Waals surface area contributed by atoms with Gasteiger partial charge in [-0.3, -0.25) is 14.5 Å². The summed E-state index contributed by atoms with van der Waals surface area (Å²) in [6.07, 6.45) is 1.77. The Morgan fingerprint density at radius 1 is 1.16 bits per heavy atom. The van der Waals surface area contributed by atoms with E-state index in [1.165, 1.54) is 17.0 Å². The predicted molar refractivity (Wildman–Crippen MR) is 116 cm³/mol. The molecule has 1 aliphatic rings. The fourth-order valence-corrected chi connectivity index (χ4v) is 4.52. The molecule has 3 rings (SSSR count). The molecule has 0 spiro atoms. The van der Waals surface area contributed by atoms with Crippen molar-refractivity contribution in [3.8, 4) is 0 Å². The largest absolute Gasteiger partial charge is 0.350 e. The molecule has 2 amide bonds. The van der Waals surface area contributed by atoms with Crippen LogP contribution in [0.1, 0.15) is 25.0 Å². The lowest BCUT2D eigenvalue weighted by Gasteiger charge is -2.46. The second-order valence-electron chi connectivity index (χ2n) is 7.87. The third-order valence-electron chi connectivity index (χ3n) is 5.44. The number of nitrogens with one attached hydrogen (secondary N) is 1. The first-order valence-corrected chi connectivity index (χ1v) is 11.8. The van der Waals surface area contributed by atoms with Crippen molar-refractivity contribution in [3.05, 3.63) is 65.5 Å². The molecule has 1 heterocycles. The number of rotatable bonds is 6. The van der Waals surface area contributed by atoms with Gasteiger partial charge in [0.25, 0.3) is 0 Å². The van der Waals surface area contributed by atoms with E-state index in [0.29, 0.717) is 11.3 Å². The topological polar surface area (TPSA) is 86.8 Å². The van der Waals surface area contributed by atoms with E-state index in [1.807, 2.05) is 19.1 Å². The van der Waals surface area contributed by atoms with E-state index in [0.717, 1.165) is 22.5 Å². The van der Waals surface area contributed by atoms with Crippen molar-refractivity contribution < 1.29 is 22.4 Å². The SMILES string of the molecule is CCc1cccc(N2C(=O)CN(S(C)(=O)=O)C[C@]2(C)C(=O)NCc2ccc(F)cc2)c1. The number of anilines is 1. The van der Waals surface area contributed by atoms with Crippen molar-refractivity contribution in [1.29, 1.82) is 0 Å². The van der Waals surface area contributed by atoms with Gasteiger partial charge in [-0.15, -0.1) is 0 Å². The van der Waals surface area contributed by atoms with Gasteiger partial charge < -0.3 is 5.32 Å². The number of halogens is 1. The molecule has 2 aromatic rings. The highest BCUT2D eigenvalue weighted by Crippen LogP contribution is 2.31. The molecule has 0 saturated carbocycles. The fraction of sp³-hybridized carbons (Fsp3) is 0.364. The van der Waals surface area contributed by atoms with E-state index in [2.05, 4.69) is 5.32 Å². The number of benzene rings is 2. The maximum absolute atomic E-state index is 13.3. The van der Waals surface area contributed by atoms with Gasteiger partial charge in [-0.2, -0.15) is 4.31 Å². The normalized spacial score (nSPS) is 20.0. The van der Waals surface area contributed by atoms with Gasteiger partial charge in [0.2, 0.25) is 21.8 Å². The van der Waals surface area contributed by atoms with Crippen LogP contribution in [0.4, 0.5) is 10.1 Å². The van der Waals surface area contributed by atoms with Crippen LogP contribution in [0.5, 0.6) is 0 Å². The van der Waals surface area contributed by atoms with Crippen LogP contribution >= 0.6 is 0 Å². The highest BCUT2D eigenvalue weighted by Gasteiger charge is 2.50. The smallest absolute Gasteiger partial charge is 0.247 e. The second kappa shape index (κ2) is 8.76. The maximum atomic E-state index is 13.3. The predicted octanol–water partition coefficient (Wildman–Crippen LogP) is 2.07. The minimum absolute atomic E-state index is 0.116. The van der Waals surface area contributed by atoms with Crippen molar-refractivity contribution in [2.75, 3.05) is 24.2 Å². The summed E-state index contributed by atoms with van der Waals surface area (Å²) >= 11 is 0. The molecule has 2 aromatic carbocycles. The van der Waals surface area contributed by atoms with Crippen molar-refractivity contribution >= 4 is 27.5 Å². The molecular formula is C22H26FN3O4S. The standard InChI is InChI=1S/C22H26FN3O4S/c1-4-16-6-5-7-19(12-16)26-20(27)14-25(31(3,29)30)15-22(26,2)21(28)24-13-17-8-10-18(23)11-9-17/h5-12H,4,13-15H2,1-3H3,(H,24,28)/t22-/m1/s1. The van der Waals surface area contributed by atoms with E-state index >= 15 is 0 Å². The van der Waals surface area contributed by atoms with Crippen molar-refractivity contribution in [2.45, 2.75) is 32.4 Å². The van der Waals surface area contributed by atoms with Crippen LogP contribution in [-0.2, 0) is 32.6 Å². The van der Waals surface area contributed by atoms with Crippen LogP contribution in [0.3, 0.4) is 0 Å². The van der Waals surface area contributed by atoms with Gasteiger partial charge in [0.05, 0.1) is 12.8 Å². The third-order valence-corrected chi connectivity index (χ3v) is 6.64. The molecule has 1 N–H and O–H groups in total. The number of hydrogen-bond donors (Lipinski definition) is 1. The Hall–Kier alpha value is -2.78. The van der Waals surface area contributed by atoms with Crippen LogP contribution < -0.4 is 10.2 Å². The van der Waals surface area contributed by atoms with E-state index in [1.54, 1.807) is 31.2 Å². The van der Waals surface area contributed by atoms with Crippen LogP contribution in [-0.4, -0.2) is 49.4 Å². The number of nitrogens with zero attached hydrogens (tertiary/aromatic N) is 2.